The van der Waals surface area contributed by atoms with Gasteiger partial charge in [-0.05, 0) is 49.4 Å². The molecule has 3 rings (SSSR count). The number of halogens is 1. The average Bonchev–Trinajstić information content (AvgIpc) is 2.60. The van der Waals surface area contributed by atoms with Crippen molar-refractivity contribution in [2.24, 2.45) is 0 Å². The fourth-order valence-electron chi connectivity index (χ4n) is 2.47. The van der Waals surface area contributed by atoms with Crippen molar-refractivity contribution >= 4 is 39.1 Å². The first-order valence-electron chi connectivity index (χ1n) is 7.70. The van der Waals surface area contributed by atoms with Crippen LogP contribution in [0.4, 0.5) is 11.4 Å². The van der Waals surface area contributed by atoms with Crippen molar-refractivity contribution in [1.82, 2.24) is 0 Å². The Balaban J connectivity index is 1.64. The molecule has 6 nitrogen and oxygen atoms in total. The van der Waals surface area contributed by atoms with Crippen LogP contribution >= 0.6 is 15.9 Å². The molecule has 0 unspecified atom stereocenters. The van der Waals surface area contributed by atoms with E-state index in [2.05, 4.69) is 21.2 Å². The Bertz CT molecular complexity index is 807. The summed E-state index contributed by atoms with van der Waals surface area (Å²) in [7, 11) is 1.68. The van der Waals surface area contributed by atoms with Gasteiger partial charge in [0.15, 0.2) is 12.7 Å². The Morgan fingerprint density at radius 1 is 1.28 bits per heavy atom. The Morgan fingerprint density at radius 3 is 2.72 bits per heavy atom. The van der Waals surface area contributed by atoms with Crippen LogP contribution in [0.25, 0.3) is 0 Å². The Morgan fingerprint density at radius 2 is 2.00 bits per heavy atom. The lowest BCUT2D eigenvalue weighted by Crippen LogP contribution is -2.42. The van der Waals surface area contributed by atoms with Gasteiger partial charge >= 0.3 is 0 Å². The molecule has 2 aromatic rings. The minimum atomic E-state index is -0.516. The van der Waals surface area contributed by atoms with E-state index in [1.165, 1.54) is 4.90 Å². The quantitative estimate of drug-likeness (QED) is 0.849. The van der Waals surface area contributed by atoms with Crippen molar-refractivity contribution in [3.8, 4) is 11.5 Å². The van der Waals surface area contributed by atoms with Crippen molar-refractivity contribution in [3.05, 3.63) is 46.9 Å². The van der Waals surface area contributed by atoms with E-state index < -0.39 is 6.10 Å². The van der Waals surface area contributed by atoms with Gasteiger partial charge in [0.05, 0.1) is 5.69 Å². The monoisotopic (exact) mass is 404 g/mol. The van der Waals surface area contributed by atoms with Crippen molar-refractivity contribution < 1.29 is 19.1 Å². The van der Waals surface area contributed by atoms with Gasteiger partial charge in [0.2, 0.25) is 0 Å². The van der Waals surface area contributed by atoms with Crippen molar-refractivity contribution in [1.29, 1.82) is 0 Å². The van der Waals surface area contributed by atoms with Crippen LogP contribution in [-0.4, -0.2) is 31.6 Å². The van der Waals surface area contributed by atoms with Gasteiger partial charge in [-0.1, -0.05) is 15.9 Å². The molecule has 0 radical (unpaired) electrons. The maximum absolute atomic E-state index is 12.1. The summed E-state index contributed by atoms with van der Waals surface area (Å²) in [5.74, 6) is 0.798. The first-order valence-corrected chi connectivity index (χ1v) is 8.50. The topological polar surface area (TPSA) is 67.9 Å². The second-order valence-electron chi connectivity index (χ2n) is 5.63. The normalized spacial score (nSPS) is 16.0. The van der Waals surface area contributed by atoms with E-state index >= 15 is 0 Å². The molecule has 0 aliphatic carbocycles. The zero-order valence-electron chi connectivity index (χ0n) is 13.8. The summed E-state index contributed by atoms with van der Waals surface area (Å²) in [5, 5.41) is 2.75. The lowest BCUT2D eigenvalue weighted by molar-refractivity contribution is -0.125. The molecular formula is C18H17BrN2O4. The summed E-state index contributed by atoms with van der Waals surface area (Å²) in [6.07, 6.45) is -0.516. The minimum absolute atomic E-state index is 0.110. The number of fused-ring (bicyclic) bond motifs is 1. The van der Waals surface area contributed by atoms with E-state index in [9.17, 15) is 9.59 Å². The van der Waals surface area contributed by atoms with Crippen molar-refractivity contribution in [2.75, 3.05) is 23.9 Å². The van der Waals surface area contributed by atoms with Crippen LogP contribution in [0, 0.1) is 0 Å². The first kappa shape index (κ1) is 17.3. The van der Waals surface area contributed by atoms with Gasteiger partial charge in [-0.3, -0.25) is 9.59 Å². The smallest absolute Gasteiger partial charge is 0.267 e. The number of amides is 2. The van der Waals surface area contributed by atoms with E-state index in [-0.39, 0.29) is 18.4 Å². The van der Waals surface area contributed by atoms with Crippen LogP contribution in [0.1, 0.15) is 6.92 Å². The third kappa shape index (κ3) is 3.93. The number of anilines is 2. The van der Waals surface area contributed by atoms with Crippen LogP contribution in [-0.2, 0) is 9.59 Å². The van der Waals surface area contributed by atoms with Crippen LogP contribution in [0.15, 0.2) is 46.9 Å². The highest BCUT2D eigenvalue weighted by molar-refractivity contribution is 9.10. The number of carbonyl (C=O) groups excluding carboxylic acids is 2. The van der Waals surface area contributed by atoms with Gasteiger partial charge in [0.1, 0.15) is 11.5 Å². The summed E-state index contributed by atoms with van der Waals surface area (Å²) >= 11 is 3.34. The average molecular weight is 405 g/mol. The number of nitrogens with zero attached hydrogens (tertiary/aromatic N) is 1. The molecule has 1 N–H and O–H groups in total. The number of carbonyl (C=O) groups is 2. The molecule has 0 saturated heterocycles. The van der Waals surface area contributed by atoms with E-state index in [4.69, 9.17) is 9.47 Å². The van der Waals surface area contributed by atoms with E-state index in [0.29, 0.717) is 22.9 Å². The fraction of sp³-hybridized carbons (Fsp3) is 0.222. The fourth-order valence-corrected chi connectivity index (χ4v) is 2.73. The molecule has 0 spiro atoms. The highest BCUT2D eigenvalue weighted by atomic mass is 79.9. The Kier molecular flexibility index (Phi) is 4.94. The van der Waals surface area contributed by atoms with Gasteiger partial charge in [-0.25, -0.2) is 0 Å². The number of ether oxygens (including phenoxy) is 2. The number of rotatable bonds is 4. The predicted molar refractivity (Wildman–Crippen MR) is 98.2 cm³/mol. The molecule has 1 aliphatic heterocycles. The molecule has 0 bridgehead atoms. The minimum Gasteiger partial charge on any atom is -0.484 e. The van der Waals surface area contributed by atoms with Gasteiger partial charge in [-0.15, -0.1) is 0 Å². The summed E-state index contributed by atoms with van der Waals surface area (Å²) in [4.78, 5) is 25.6. The Hall–Kier alpha value is -2.54. The lowest BCUT2D eigenvalue weighted by Gasteiger charge is -2.30. The third-order valence-electron chi connectivity index (χ3n) is 3.77. The number of benzene rings is 2. The van der Waals surface area contributed by atoms with E-state index in [0.717, 1.165) is 4.47 Å². The Labute approximate surface area is 153 Å². The lowest BCUT2D eigenvalue weighted by atomic mass is 10.2. The highest BCUT2D eigenvalue weighted by Crippen LogP contribution is 2.35. The number of hydrogen-bond donors (Lipinski definition) is 1. The standard InChI is InChI=1S/C18H17BrN2O4/c1-11-18(23)21(2)15-9-13(5-8-16(15)25-11)20-17(22)10-24-14-6-3-12(19)4-7-14/h3-9,11H,10H2,1-2H3,(H,20,22)/t11-/m1/s1. The largest absolute Gasteiger partial charge is 0.484 e. The molecule has 0 fully saturated rings. The summed E-state index contributed by atoms with van der Waals surface area (Å²) < 4.78 is 11.9. The van der Waals surface area contributed by atoms with E-state index in [1.807, 2.05) is 12.1 Å². The molecule has 7 heteroatoms. The van der Waals surface area contributed by atoms with Gasteiger partial charge < -0.3 is 19.7 Å². The number of likely N-dealkylation sites (N-methyl/N-ethyl adjacent to an activating group) is 1. The van der Waals surface area contributed by atoms with Crippen LogP contribution < -0.4 is 19.7 Å². The second-order valence-corrected chi connectivity index (χ2v) is 6.55. The van der Waals surface area contributed by atoms with Gasteiger partial charge in [0, 0.05) is 17.2 Å². The summed E-state index contributed by atoms with van der Waals surface area (Å²) in [6, 6.07) is 12.4. The molecular weight excluding hydrogens is 388 g/mol. The first-order chi connectivity index (χ1) is 11.9. The molecule has 1 heterocycles. The van der Waals surface area contributed by atoms with Crippen molar-refractivity contribution in [2.45, 2.75) is 13.0 Å². The molecule has 2 aromatic carbocycles. The predicted octanol–water partition coefficient (Wildman–Crippen LogP) is 3.21. The molecule has 25 heavy (non-hydrogen) atoms. The molecule has 1 aliphatic rings. The molecule has 1 atom stereocenters. The zero-order chi connectivity index (χ0) is 18.0. The maximum Gasteiger partial charge on any atom is 0.267 e. The van der Waals surface area contributed by atoms with Gasteiger partial charge in [-0.2, -0.15) is 0 Å². The second kappa shape index (κ2) is 7.14. The SMILES string of the molecule is C[C@H]1Oc2ccc(NC(=O)COc3ccc(Br)cc3)cc2N(C)C1=O. The molecule has 0 saturated carbocycles. The maximum atomic E-state index is 12.1. The summed E-state index contributed by atoms with van der Waals surface area (Å²) in [5.41, 5.74) is 1.19. The highest BCUT2D eigenvalue weighted by Gasteiger charge is 2.29. The molecule has 130 valence electrons. The molecule has 2 amide bonds. The van der Waals surface area contributed by atoms with Crippen LogP contribution in [0.5, 0.6) is 11.5 Å². The third-order valence-corrected chi connectivity index (χ3v) is 4.30. The van der Waals surface area contributed by atoms with Crippen LogP contribution in [0.3, 0.4) is 0 Å². The van der Waals surface area contributed by atoms with E-state index in [1.54, 1.807) is 44.3 Å². The van der Waals surface area contributed by atoms with Crippen LogP contribution in [0.2, 0.25) is 0 Å². The number of hydrogen-bond acceptors (Lipinski definition) is 4. The summed E-state index contributed by atoms with van der Waals surface area (Å²) in [6.45, 7) is 1.60. The van der Waals surface area contributed by atoms with Crippen molar-refractivity contribution in [3.63, 3.8) is 0 Å². The zero-order valence-corrected chi connectivity index (χ0v) is 15.4. The number of nitrogens with one attached hydrogen (secondary N) is 1. The van der Waals surface area contributed by atoms with Gasteiger partial charge in [0.25, 0.3) is 11.8 Å². The molecule has 0 aromatic heterocycles.